The topological polar surface area (TPSA) is 37.3 Å². The van der Waals surface area contributed by atoms with Gasteiger partial charge in [0.15, 0.2) is 0 Å². The number of rotatable bonds is 1. The molecular weight excluding hydrogens is 164 g/mol. The van der Waals surface area contributed by atoms with Crippen LogP contribution in [0.4, 0.5) is 0 Å². The van der Waals surface area contributed by atoms with E-state index in [1.165, 1.54) is 12.8 Å². The Bertz CT molecular complexity index is 298. The van der Waals surface area contributed by atoms with Gasteiger partial charge in [0.1, 0.15) is 0 Å². The van der Waals surface area contributed by atoms with Crippen LogP contribution in [0.3, 0.4) is 0 Å². The summed E-state index contributed by atoms with van der Waals surface area (Å²) in [5, 5.41) is 8.95. The fourth-order valence-electron chi connectivity index (χ4n) is 4.88. The lowest BCUT2D eigenvalue weighted by molar-refractivity contribution is -0.307. The first-order valence-corrected chi connectivity index (χ1v) is 5.52. The second kappa shape index (κ2) is 1.79. The van der Waals surface area contributed by atoms with Crippen molar-refractivity contribution >= 4 is 5.97 Å². The molecule has 0 radical (unpaired) electrons. The highest BCUT2D eigenvalue weighted by atomic mass is 16.4. The summed E-state index contributed by atoms with van der Waals surface area (Å²) in [6.45, 7) is 0. The van der Waals surface area contributed by atoms with Crippen LogP contribution in [-0.2, 0) is 4.79 Å². The number of carboxylic acids is 1. The maximum absolute atomic E-state index is 10.9. The molecule has 4 fully saturated rings. The van der Waals surface area contributed by atoms with Gasteiger partial charge in [-0.15, -0.1) is 0 Å². The molecule has 4 aliphatic carbocycles. The standard InChI is InChI=1S/C11H14O2/c12-11(13)7-3-6-8-4-1-2-5(4)10(8)9(6)7/h4-10H,1-3H2,(H,12,13)/t4-,5+,6-,7?,8-,9+,10-/m0/s1. The monoisotopic (exact) mass is 178 g/mol. The number of hydrogen-bond donors (Lipinski definition) is 1. The Kier molecular flexibility index (Phi) is 0.946. The van der Waals surface area contributed by atoms with Crippen LogP contribution in [0, 0.1) is 41.4 Å². The Morgan fingerprint density at radius 2 is 1.69 bits per heavy atom. The van der Waals surface area contributed by atoms with Crippen LogP contribution in [0.25, 0.3) is 0 Å². The van der Waals surface area contributed by atoms with Crippen molar-refractivity contribution in [1.82, 2.24) is 0 Å². The van der Waals surface area contributed by atoms with Crippen LogP contribution in [0.2, 0.25) is 0 Å². The Labute approximate surface area is 77.3 Å². The number of fused-ring (bicyclic) bond motifs is 7. The van der Waals surface area contributed by atoms with Crippen LogP contribution in [0.5, 0.6) is 0 Å². The minimum absolute atomic E-state index is 0.0489. The molecule has 0 saturated heterocycles. The normalized spacial score (nSPS) is 65.4. The van der Waals surface area contributed by atoms with Crippen molar-refractivity contribution < 1.29 is 9.90 Å². The minimum atomic E-state index is -0.525. The van der Waals surface area contributed by atoms with E-state index < -0.39 is 5.97 Å². The fraction of sp³-hybridized carbons (Fsp3) is 0.909. The zero-order valence-electron chi connectivity index (χ0n) is 7.52. The fourth-order valence-corrected chi connectivity index (χ4v) is 4.88. The molecule has 2 heteroatoms. The summed E-state index contributed by atoms with van der Waals surface area (Å²) in [6.07, 6.45) is 3.86. The van der Waals surface area contributed by atoms with Gasteiger partial charge in [0, 0.05) is 0 Å². The lowest BCUT2D eigenvalue weighted by Crippen LogP contribution is -2.74. The Hall–Kier alpha value is -0.530. The lowest BCUT2D eigenvalue weighted by Gasteiger charge is -2.78. The Morgan fingerprint density at radius 3 is 2.31 bits per heavy atom. The van der Waals surface area contributed by atoms with Crippen LogP contribution in [0.1, 0.15) is 19.3 Å². The van der Waals surface area contributed by atoms with Crippen molar-refractivity contribution in [2.75, 3.05) is 0 Å². The van der Waals surface area contributed by atoms with Gasteiger partial charge in [-0.05, 0) is 54.8 Å². The molecule has 0 bridgehead atoms. The van der Waals surface area contributed by atoms with Crippen LogP contribution in [-0.4, -0.2) is 11.1 Å². The first kappa shape index (κ1) is 6.86. The highest BCUT2D eigenvalue weighted by molar-refractivity contribution is 5.72. The van der Waals surface area contributed by atoms with Gasteiger partial charge >= 0.3 is 5.97 Å². The van der Waals surface area contributed by atoms with E-state index in [9.17, 15) is 4.79 Å². The molecular formula is C11H14O2. The quantitative estimate of drug-likeness (QED) is 0.662. The van der Waals surface area contributed by atoms with Gasteiger partial charge in [0.05, 0.1) is 5.92 Å². The van der Waals surface area contributed by atoms with Gasteiger partial charge in [0.2, 0.25) is 0 Å². The van der Waals surface area contributed by atoms with E-state index in [4.69, 9.17) is 5.11 Å². The molecule has 0 aromatic carbocycles. The van der Waals surface area contributed by atoms with E-state index in [0.717, 1.165) is 36.0 Å². The number of aliphatic carboxylic acids is 1. The van der Waals surface area contributed by atoms with E-state index in [-0.39, 0.29) is 5.92 Å². The van der Waals surface area contributed by atoms with E-state index >= 15 is 0 Å². The molecule has 70 valence electrons. The minimum Gasteiger partial charge on any atom is -0.481 e. The zero-order chi connectivity index (χ0) is 8.74. The van der Waals surface area contributed by atoms with Crippen LogP contribution < -0.4 is 0 Å². The van der Waals surface area contributed by atoms with Gasteiger partial charge in [-0.25, -0.2) is 0 Å². The number of carboxylic acid groups (broad SMARTS) is 1. The maximum atomic E-state index is 10.9. The third-order valence-electron chi connectivity index (χ3n) is 5.56. The average molecular weight is 178 g/mol. The van der Waals surface area contributed by atoms with Crippen molar-refractivity contribution in [2.45, 2.75) is 19.3 Å². The molecule has 0 heterocycles. The van der Waals surface area contributed by atoms with Crippen LogP contribution in [0.15, 0.2) is 0 Å². The summed E-state index contributed by atoms with van der Waals surface area (Å²) in [6, 6.07) is 0. The summed E-state index contributed by atoms with van der Waals surface area (Å²) in [4.78, 5) is 10.9. The molecule has 1 unspecified atom stereocenters. The summed E-state index contributed by atoms with van der Waals surface area (Å²) in [7, 11) is 0. The molecule has 0 aliphatic heterocycles. The molecule has 0 spiro atoms. The third kappa shape index (κ3) is 0.520. The highest BCUT2D eigenvalue weighted by Gasteiger charge is 2.74. The first-order chi connectivity index (χ1) is 6.29. The summed E-state index contributed by atoms with van der Waals surface area (Å²) in [5.41, 5.74) is 0. The van der Waals surface area contributed by atoms with E-state index in [0.29, 0.717) is 5.92 Å². The van der Waals surface area contributed by atoms with Crippen molar-refractivity contribution in [3.8, 4) is 0 Å². The van der Waals surface area contributed by atoms with Crippen molar-refractivity contribution in [1.29, 1.82) is 0 Å². The van der Waals surface area contributed by atoms with E-state index in [2.05, 4.69) is 0 Å². The summed E-state index contributed by atoms with van der Waals surface area (Å²) >= 11 is 0. The van der Waals surface area contributed by atoms with Gasteiger partial charge in [-0.1, -0.05) is 0 Å². The molecule has 0 amide bonds. The summed E-state index contributed by atoms with van der Waals surface area (Å²) < 4.78 is 0. The second-order valence-electron chi connectivity index (χ2n) is 5.48. The SMILES string of the molecule is O=C(O)C1C[C@@H]2[C@H]1[C@H]1[C@@H]3CC[C@@H]3[C@@H]21. The van der Waals surface area contributed by atoms with E-state index in [1.54, 1.807) is 0 Å². The number of carbonyl (C=O) groups is 1. The van der Waals surface area contributed by atoms with Gasteiger partial charge in [-0.2, -0.15) is 0 Å². The highest BCUT2D eigenvalue weighted by Crippen LogP contribution is 2.78. The molecule has 7 atom stereocenters. The molecule has 0 aromatic heterocycles. The maximum Gasteiger partial charge on any atom is 0.306 e. The molecule has 2 nitrogen and oxygen atoms in total. The van der Waals surface area contributed by atoms with E-state index in [1.807, 2.05) is 0 Å². The molecule has 4 aliphatic rings. The van der Waals surface area contributed by atoms with Crippen molar-refractivity contribution in [3.63, 3.8) is 0 Å². The first-order valence-electron chi connectivity index (χ1n) is 5.52. The largest absolute Gasteiger partial charge is 0.481 e. The molecule has 0 aromatic rings. The lowest BCUT2D eigenvalue weighted by atomic mass is 9.26. The smallest absolute Gasteiger partial charge is 0.306 e. The predicted octanol–water partition coefficient (Wildman–Crippen LogP) is 1.61. The third-order valence-corrected chi connectivity index (χ3v) is 5.56. The Balaban J connectivity index is 1.57. The van der Waals surface area contributed by atoms with Gasteiger partial charge < -0.3 is 5.11 Å². The zero-order valence-corrected chi connectivity index (χ0v) is 7.52. The molecule has 4 rings (SSSR count). The number of hydrogen-bond acceptors (Lipinski definition) is 1. The van der Waals surface area contributed by atoms with Gasteiger partial charge in [0.25, 0.3) is 0 Å². The van der Waals surface area contributed by atoms with Gasteiger partial charge in [-0.3, -0.25) is 4.79 Å². The summed E-state index contributed by atoms with van der Waals surface area (Å²) in [5.74, 6) is 4.83. The molecule has 1 N–H and O–H groups in total. The van der Waals surface area contributed by atoms with Crippen LogP contribution >= 0.6 is 0 Å². The predicted molar refractivity (Wildman–Crippen MR) is 45.9 cm³/mol. The van der Waals surface area contributed by atoms with Crippen molar-refractivity contribution in [2.24, 2.45) is 41.4 Å². The van der Waals surface area contributed by atoms with Crippen molar-refractivity contribution in [3.05, 3.63) is 0 Å². The average Bonchev–Trinajstić information content (AvgIpc) is 1.98. The Morgan fingerprint density at radius 1 is 1.00 bits per heavy atom. The second-order valence-corrected chi connectivity index (χ2v) is 5.48. The molecule has 13 heavy (non-hydrogen) atoms. The molecule has 4 saturated carbocycles.